The van der Waals surface area contributed by atoms with Gasteiger partial charge in [0.2, 0.25) is 0 Å². The standard InChI is InChI=1S/C7H12N2O2S2/c1-5(2)13(10,11)4-6-3-7(8)9-12-6/h3,5H,4H2,1-2H3,(H2,8,9). The molecule has 4 nitrogen and oxygen atoms in total. The Hall–Kier alpha value is -0.620. The Balaban J connectivity index is 2.81. The number of nitrogens with two attached hydrogens (primary N) is 1. The molecule has 1 rings (SSSR count). The van der Waals surface area contributed by atoms with E-state index in [-0.39, 0.29) is 11.0 Å². The molecule has 0 atom stereocenters. The van der Waals surface area contributed by atoms with Crippen LogP contribution in [0.1, 0.15) is 18.7 Å². The lowest BCUT2D eigenvalue weighted by Crippen LogP contribution is -2.15. The second-order valence-corrected chi connectivity index (χ2v) is 6.52. The maximum absolute atomic E-state index is 11.4. The summed E-state index contributed by atoms with van der Waals surface area (Å²) in [5, 5.41) is -0.351. The Morgan fingerprint density at radius 3 is 2.62 bits per heavy atom. The Labute approximate surface area is 81.9 Å². The molecule has 6 heteroatoms. The smallest absolute Gasteiger partial charge is 0.157 e. The van der Waals surface area contributed by atoms with Crippen molar-refractivity contribution < 1.29 is 8.42 Å². The first-order valence-electron chi connectivity index (χ1n) is 3.84. The molecule has 1 aromatic heterocycles. The van der Waals surface area contributed by atoms with Gasteiger partial charge in [-0.05, 0) is 31.4 Å². The van der Waals surface area contributed by atoms with Crippen LogP contribution in [0.3, 0.4) is 0 Å². The molecule has 0 amide bonds. The van der Waals surface area contributed by atoms with Gasteiger partial charge in [-0.15, -0.1) is 0 Å². The molecule has 0 aliphatic rings. The summed E-state index contributed by atoms with van der Waals surface area (Å²) in [6, 6.07) is 1.60. The van der Waals surface area contributed by atoms with Gasteiger partial charge in [0.05, 0.1) is 11.0 Å². The average Bonchev–Trinajstić information content (AvgIpc) is 2.34. The minimum atomic E-state index is -3.02. The monoisotopic (exact) mass is 220 g/mol. The molecule has 0 radical (unpaired) electrons. The van der Waals surface area contributed by atoms with Gasteiger partial charge in [0.15, 0.2) is 9.84 Å². The largest absolute Gasteiger partial charge is 0.383 e. The van der Waals surface area contributed by atoms with Gasteiger partial charge in [-0.25, -0.2) is 8.42 Å². The average molecular weight is 220 g/mol. The summed E-state index contributed by atoms with van der Waals surface area (Å²) in [5.74, 6) is 0.429. The van der Waals surface area contributed by atoms with Gasteiger partial charge in [0.25, 0.3) is 0 Å². The van der Waals surface area contributed by atoms with Crippen LogP contribution in [-0.4, -0.2) is 18.0 Å². The van der Waals surface area contributed by atoms with Crippen molar-refractivity contribution in [2.45, 2.75) is 24.9 Å². The Morgan fingerprint density at radius 1 is 1.62 bits per heavy atom. The van der Waals surface area contributed by atoms with E-state index in [1.807, 2.05) is 0 Å². The summed E-state index contributed by atoms with van der Waals surface area (Å²) < 4.78 is 26.7. The number of rotatable bonds is 3. The zero-order valence-corrected chi connectivity index (χ0v) is 9.15. The van der Waals surface area contributed by atoms with E-state index in [0.717, 1.165) is 11.5 Å². The molecule has 1 heterocycles. The van der Waals surface area contributed by atoms with Crippen molar-refractivity contribution in [1.82, 2.24) is 4.37 Å². The Bertz CT molecular complexity index is 381. The number of nitrogen functional groups attached to an aromatic ring is 1. The highest BCUT2D eigenvalue weighted by molar-refractivity contribution is 7.91. The number of anilines is 1. The van der Waals surface area contributed by atoms with Crippen LogP contribution in [0.5, 0.6) is 0 Å². The van der Waals surface area contributed by atoms with E-state index in [9.17, 15) is 8.42 Å². The van der Waals surface area contributed by atoms with Gasteiger partial charge in [-0.2, -0.15) is 4.37 Å². The van der Waals surface area contributed by atoms with Crippen LogP contribution in [0.25, 0.3) is 0 Å². The van der Waals surface area contributed by atoms with Crippen molar-refractivity contribution in [2.24, 2.45) is 0 Å². The van der Waals surface area contributed by atoms with E-state index in [1.54, 1.807) is 19.9 Å². The normalized spacial score (nSPS) is 12.2. The summed E-state index contributed by atoms with van der Waals surface area (Å²) >= 11 is 1.14. The zero-order valence-electron chi connectivity index (χ0n) is 7.52. The van der Waals surface area contributed by atoms with E-state index in [4.69, 9.17) is 5.73 Å². The SMILES string of the molecule is CC(C)S(=O)(=O)Cc1cc(N)ns1. The molecule has 0 aliphatic carbocycles. The minimum absolute atomic E-state index is 0.0412. The minimum Gasteiger partial charge on any atom is -0.383 e. The summed E-state index contributed by atoms with van der Waals surface area (Å²) in [5.41, 5.74) is 5.38. The lowest BCUT2D eigenvalue weighted by atomic mass is 10.5. The molecular weight excluding hydrogens is 208 g/mol. The summed E-state index contributed by atoms with van der Waals surface area (Å²) in [6.45, 7) is 3.33. The highest BCUT2D eigenvalue weighted by Gasteiger charge is 2.17. The van der Waals surface area contributed by atoms with Crippen molar-refractivity contribution in [3.05, 3.63) is 10.9 Å². The predicted octanol–water partition coefficient (Wildman–Crippen LogP) is 1.05. The molecule has 0 bridgehead atoms. The van der Waals surface area contributed by atoms with Gasteiger partial charge < -0.3 is 5.73 Å². The maximum Gasteiger partial charge on any atom is 0.157 e. The van der Waals surface area contributed by atoms with Crippen molar-refractivity contribution in [3.63, 3.8) is 0 Å². The molecule has 2 N–H and O–H groups in total. The highest BCUT2D eigenvalue weighted by atomic mass is 32.2. The summed E-state index contributed by atoms with van der Waals surface area (Å²) in [4.78, 5) is 0.700. The van der Waals surface area contributed by atoms with Crippen LogP contribution in [0.4, 0.5) is 5.82 Å². The van der Waals surface area contributed by atoms with Crippen molar-refractivity contribution in [1.29, 1.82) is 0 Å². The van der Waals surface area contributed by atoms with E-state index in [1.165, 1.54) is 0 Å². The molecule has 0 saturated heterocycles. The van der Waals surface area contributed by atoms with Crippen molar-refractivity contribution in [3.8, 4) is 0 Å². The molecular formula is C7H12N2O2S2. The third kappa shape index (κ3) is 2.67. The third-order valence-corrected chi connectivity index (χ3v) is 4.77. The van der Waals surface area contributed by atoms with Crippen LogP contribution in [0, 0.1) is 0 Å². The lowest BCUT2D eigenvalue weighted by molar-refractivity contribution is 0.587. The topological polar surface area (TPSA) is 73.0 Å². The Kier molecular flexibility index (Phi) is 2.92. The van der Waals surface area contributed by atoms with E-state index < -0.39 is 9.84 Å². The Morgan fingerprint density at radius 2 is 2.23 bits per heavy atom. The number of hydrogen-bond acceptors (Lipinski definition) is 5. The molecule has 0 aliphatic heterocycles. The first-order valence-corrected chi connectivity index (χ1v) is 6.33. The van der Waals surface area contributed by atoms with E-state index in [2.05, 4.69) is 4.37 Å². The van der Waals surface area contributed by atoms with Gasteiger partial charge in [0.1, 0.15) is 5.82 Å². The number of sulfone groups is 1. The zero-order chi connectivity index (χ0) is 10.1. The predicted molar refractivity (Wildman–Crippen MR) is 54.3 cm³/mol. The third-order valence-electron chi connectivity index (χ3n) is 1.64. The maximum atomic E-state index is 11.4. The second kappa shape index (κ2) is 3.63. The van der Waals surface area contributed by atoms with Gasteiger partial charge in [-0.1, -0.05) is 0 Å². The number of aromatic nitrogens is 1. The highest BCUT2D eigenvalue weighted by Crippen LogP contribution is 2.17. The van der Waals surface area contributed by atoms with Crippen LogP contribution in [0.2, 0.25) is 0 Å². The van der Waals surface area contributed by atoms with Crippen molar-refractivity contribution in [2.75, 3.05) is 5.73 Å². The molecule has 0 spiro atoms. The fourth-order valence-electron chi connectivity index (χ4n) is 0.762. The number of nitrogens with zero attached hydrogens (tertiary/aromatic N) is 1. The lowest BCUT2D eigenvalue weighted by Gasteiger charge is -2.04. The fraction of sp³-hybridized carbons (Fsp3) is 0.571. The molecule has 0 unspecified atom stereocenters. The molecule has 0 fully saturated rings. The number of hydrogen-bond donors (Lipinski definition) is 1. The van der Waals surface area contributed by atoms with Crippen molar-refractivity contribution >= 4 is 27.2 Å². The van der Waals surface area contributed by atoms with Gasteiger partial charge in [0, 0.05) is 4.88 Å². The summed E-state index contributed by atoms with van der Waals surface area (Å²) in [6.07, 6.45) is 0. The second-order valence-electron chi connectivity index (χ2n) is 3.07. The van der Waals surface area contributed by atoms with E-state index >= 15 is 0 Å². The van der Waals surface area contributed by atoms with Crippen LogP contribution < -0.4 is 5.73 Å². The van der Waals surface area contributed by atoms with E-state index in [0.29, 0.717) is 10.7 Å². The summed E-state index contributed by atoms with van der Waals surface area (Å²) in [7, 11) is -3.02. The van der Waals surface area contributed by atoms with Crippen LogP contribution >= 0.6 is 11.5 Å². The fourth-order valence-corrected chi connectivity index (χ4v) is 2.73. The van der Waals surface area contributed by atoms with Crippen LogP contribution in [-0.2, 0) is 15.6 Å². The molecule has 1 aromatic rings. The quantitative estimate of drug-likeness (QED) is 0.826. The molecule has 13 heavy (non-hydrogen) atoms. The first kappa shape index (κ1) is 10.5. The van der Waals surface area contributed by atoms with Gasteiger partial charge >= 0.3 is 0 Å². The first-order chi connectivity index (χ1) is 5.92. The molecule has 0 aromatic carbocycles. The molecule has 74 valence electrons. The van der Waals surface area contributed by atoms with Gasteiger partial charge in [-0.3, -0.25) is 0 Å². The van der Waals surface area contributed by atoms with Crippen LogP contribution in [0.15, 0.2) is 6.07 Å². The molecule has 0 saturated carbocycles.